The molecule has 0 spiro atoms. The number of nitrogens with one attached hydrogen (secondary N) is 1. The van der Waals surface area contributed by atoms with Crippen LogP contribution in [0.15, 0.2) is 66.7 Å². The number of hydrogen-bond donors (Lipinski definition) is 2. The second kappa shape index (κ2) is 8.20. The normalized spacial score (nSPS) is 14.7. The summed E-state index contributed by atoms with van der Waals surface area (Å²) in [5.74, 6) is 0. The number of nitrogens with zero attached hydrogens (tertiary/aromatic N) is 3. The summed E-state index contributed by atoms with van der Waals surface area (Å²) in [6, 6.07) is 21.7. The van der Waals surface area contributed by atoms with E-state index in [0.717, 1.165) is 47.3 Å². The van der Waals surface area contributed by atoms with Crippen LogP contribution in [0, 0.1) is 0 Å². The molecule has 1 amide bonds. The highest BCUT2D eigenvalue weighted by Gasteiger charge is 2.38. The third-order valence-corrected chi connectivity index (χ3v) is 6.41. The van der Waals surface area contributed by atoms with Gasteiger partial charge in [-0.3, -0.25) is 0 Å². The fourth-order valence-electron chi connectivity index (χ4n) is 4.32. The van der Waals surface area contributed by atoms with Crippen molar-refractivity contribution in [1.29, 1.82) is 0 Å². The Balaban J connectivity index is 1.58. The van der Waals surface area contributed by atoms with Crippen molar-refractivity contribution in [3.63, 3.8) is 0 Å². The first-order chi connectivity index (χ1) is 15.5. The van der Waals surface area contributed by atoms with Gasteiger partial charge in [-0.15, -0.1) is 0 Å². The Hall–Kier alpha value is -3.51. The number of hydrogen-bond acceptors (Lipinski definition) is 4. The van der Waals surface area contributed by atoms with Gasteiger partial charge in [0.15, 0.2) is 5.65 Å². The number of aromatic nitrogens is 3. The molecule has 1 saturated carbocycles. The summed E-state index contributed by atoms with van der Waals surface area (Å²) in [6.45, 7) is 0.430. The van der Waals surface area contributed by atoms with E-state index < -0.39 is 6.09 Å². The zero-order chi connectivity index (χ0) is 22.1. The molecular weight excluding hydrogens is 424 g/mol. The third kappa shape index (κ3) is 3.78. The Kier molecular flexibility index (Phi) is 5.23. The first kappa shape index (κ1) is 20.4. The number of rotatable bonds is 5. The highest BCUT2D eigenvalue weighted by atomic mass is 35.5. The van der Waals surface area contributed by atoms with Gasteiger partial charge in [0.05, 0.1) is 11.4 Å². The van der Waals surface area contributed by atoms with Crippen molar-refractivity contribution in [3.8, 4) is 22.5 Å². The highest BCUT2D eigenvalue weighted by molar-refractivity contribution is 6.29. The molecule has 2 aromatic heterocycles. The smallest absolute Gasteiger partial charge is 0.404 e. The second-order valence-corrected chi connectivity index (χ2v) is 8.52. The summed E-state index contributed by atoms with van der Waals surface area (Å²) in [5.41, 5.74) is 5.59. The molecule has 160 valence electrons. The van der Waals surface area contributed by atoms with Gasteiger partial charge in [-0.1, -0.05) is 72.6 Å². The lowest BCUT2D eigenvalue weighted by molar-refractivity contribution is 0.179. The molecule has 1 aliphatic carbocycles. The molecule has 1 fully saturated rings. The molecule has 4 aromatic rings. The van der Waals surface area contributed by atoms with E-state index in [1.165, 1.54) is 0 Å². The van der Waals surface area contributed by atoms with Crippen LogP contribution in [0.1, 0.15) is 24.8 Å². The molecule has 0 atom stereocenters. The maximum Gasteiger partial charge on any atom is 0.404 e. The molecule has 0 radical (unpaired) electrons. The van der Waals surface area contributed by atoms with Crippen LogP contribution in [-0.4, -0.2) is 32.7 Å². The molecule has 2 aromatic carbocycles. The van der Waals surface area contributed by atoms with E-state index in [0.29, 0.717) is 22.9 Å². The molecule has 0 bridgehead atoms. The molecule has 2 heterocycles. The lowest BCUT2D eigenvalue weighted by atomic mass is 9.64. The van der Waals surface area contributed by atoms with Gasteiger partial charge >= 0.3 is 6.09 Å². The van der Waals surface area contributed by atoms with Crippen molar-refractivity contribution in [2.45, 2.75) is 24.7 Å². The average molecular weight is 445 g/mol. The van der Waals surface area contributed by atoms with Crippen LogP contribution >= 0.6 is 11.6 Å². The first-order valence-corrected chi connectivity index (χ1v) is 10.9. The van der Waals surface area contributed by atoms with Crippen LogP contribution in [0.3, 0.4) is 0 Å². The molecule has 7 heteroatoms. The zero-order valence-electron chi connectivity index (χ0n) is 17.3. The largest absolute Gasteiger partial charge is 0.465 e. The zero-order valence-corrected chi connectivity index (χ0v) is 18.0. The lowest BCUT2D eigenvalue weighted by Gasteiger charge is -2.42. The first-order valence-electron chi connectivity index (χ1n) is 10.5. The standard InChI is InChI=1S/C25H21ClN4O2/c26-20-12-11-19-23(29-20)30-22(16-5-2-1-3-6-16)21(28-19)17-7-9-18(10-8-17)25(13-4-14-25)15-27-24(31)32/h1-3,5-12,27H,4,13-15H2,(H,31,32). The maximum atomic E-state index is 11.0. The lowest BCUT2D eigenvalue weighted by Crippen LogP contribution is -2.45. The Bertz CT molecular complexity index is 1290. The molecule has 32 heavy (non-hydrogen) atoms. The minimum atomic E-state index is -0.986. The molecular formula is C25H21ClN4O2. The predicted molar refractivity (Wildman–Crippen MR) is 125 cm³/mol. The van der Waals surface area contributed by atoms with Crippen LogP contribution in [0.5, 0.6) is 0 Å². The van der Waals surface area contributed by atoms with Gasteiger partial charge in [0, 0.05) is 23.1 Å². The number of halogens is 1. The number of pyridine rings is 1. The summed E-state index contributed by atoms with van der Waals surface area (Å²) >= 11 is 6.08. The fraction of sp³-hybridized carbons (Fsp3) is 0.200. The van der Waals surface area contributed by atoms with Crippen LogP contribution in [0.25, 0.3) is 33.7 Å². The monoisotopic (exact) mass is 444 g/mol. The molecule has 0 aliphatic heterocycles. The predicted octanol–water partition coefficient (Wildman–Crippen LogP) is 5.70. The number of fused-ring (bicyclic) bond motifs is 1. The number of carboxylic acid groups (broad SMARTS) is 1. The summed E-state index contributed by atoms with van der Waals surface area (Å²) < 4.78 is 0. The van der Waals surface area contributed by atoms with Crippen molar-refractivity contribution in [2.24, 2.45) is 0 Å². The Morgan fingerprint density at radius 1 is 0.906 bits per heavy atom. The molecule has 5 rings (SSSR count). The summed E-state index contributed by atoms with van der Waals surface area (Å²) in [7, 11) is 0. The van der Waals surface area contributed by atoms with Crippen molar-refractivity contribution >= 4 is 28.9 Å². The molecule has 1 aliphatic rings. The van der Waals surface area contributed by atoms with Crippen molar-refractivity contribution < 1.29 is 9.90 Å². The average Bonchev–Trinajstić information content (AvgIpc) is 2.78. The van der Waals surface area contributed by atoms with E-state index in [1.807, 2.05) is 48.5 Å². The van der Waals surface area contributed by atoms with E-state index in [9.17, 15) is 4.79 Å². The van der Waals surface area contributed by atoms with Gasteiger partial charge in [-0.05, 0) is 30.5 Å². The highest BCUT2D eigenvalue weighted by Crippen LogP contribution is 2.44. The van der Waals surface area contributed by atoms with Crippen LogP contribution < -0.4 is 5.32 Å². The Morgan fingerprint density at radius 3 is 2.25 bits per heavy atom. The van der Waals surface area contributed by atoms with Gasteiger partial charge in [0.1, 0.15) is 10.7 Å². The van der Waals surface area contributed by atoms with Gasteiger partial charge in [0.25, 0.3) is 0 Å². The minimum Gasteiger partial charge on any atom is -0.465 e. The summed E-state index contributed by atoms with van der Waals surface area (Å²) in [5, 5.41) is 12.0. The van der Waals surface area contributed by atoms with Crippen LogP contribution in [0.4, 0.5) is 4.79 Å². The van der Waals surface area contributed by atoms with Gasteiger partial charge in [0.2, 0.25) is 0 Å². The van der Waals surface area contributed by atoms with Gasteiger partial charge in [-0.25, -0.2) is 19.7 Å². The quantitative estimate of drug-likeness (QED) is 0.385. The van der Waals surface area contributed by atoms with E-state index in [4.69, 9.17) is 26.7 Å². The molecule has 0 unspecified atom stereocenters. The van der Waals surface area contributed by atoms with E-state index >= 15 is 0 Å². The SMILES string of the molecule is O=C(O)NCC1(c2ccc(-c3nc4ccc(Cl)nc4nc3-c3ccccc3)cc2)CCC1. The van der Waals surface area contributed by atoms with Gasteiger partial charge in [-0.2, -0.15) is 0 Å². The second-order valence-electron chi connectivity index (χ2n) is 8.13. The van der Waals surface area contributed by atoms with E-state index in [2.05, 4.69) is 22.4 Å². The maximum absolute atomic E-state index is 11.0. The minimum absolute atomic E-state index is 0.130. The van der Waals surface area contributed by atoms with E-state index in [-0.39, 0.29) is 5.41 Å². The van der Waals surface area contributed by atoms with Crippen LogP contribution in [0.2, 0.25) is 5.15 Å². The van der Waals surface area contributed by atoms with Crippen LogP contribution in [-0.2, 0) is 5.41 Å². The number of amides is 1. The van der Waals surface area contributed by atoms with Crippen molar-refractivity contribution in [3.05, 3.63) is 77.4 Å². The topological polar surface area (TPSA) is 88.0 Å². The number of carbonyl (C=O) groups is 1. The molecule has 2 N–H and O–H groups in total. The molecule has 6 nitrogen and oxygen atoms in total. The number of benzene rings is 2. The Labute approximate surface area is 190 Å². The summed E-state index contributed by atoms with van der Waals surface area (Å²) in [4.78, 5) is 25.0. The van der Waals surface area contributed by atoms with Crippen molar-refractivity contribution in [1.82, 2.24) is 20.3 Å². The van der Waals surface area contributed by atoms with Gasteiger partial charge < -0.3 is 10.4 Å². The van der Waals surface area contributed by atoms with E-state index in [1.54, 1.807) is 6.07 Å². The molecule has 0 saturated heterocycles. The third-order valence-electron chi connectivity index (χ3n) is 6.20. The van der Waals surface area contributed by atoms with Crippen molar-refractivity contribution in [2.75, 3.05) is 6.54 Å². The summed E-state index contributed by atoms with van der Waals surface area (Å²) in [6.07, 6.45) is 2.07. The fourth-order valence-corrected chi connectivity index (χ4v) is 4.46. The Morgan fingerprint density at radius 2 is 1.59 bits per heavy atom.